The highest BCUT2D eigenvalue weighted by atomic mass is 16.2. The number of nitrogens with zero attached hydrogens (tertiary/aromatic N) is 1. The van der Waals surface area contributed by atoms with Crippen molar-refractivity contribution in [2.24, 2.45) is 17.6 Å². The molecule has 1 saturated heterocycles. The number of aromatic amines is 1. The molecule has 5 heteroatoms. The van der Waals surface area contributed by atoms with Crippen LogP contribution >= 0.6 is 0 Å². The van der Waals surface area contributed by atoms with Crippen LogP contribution in [0.15, 0.2) is 12.1 Å². The van der Waals surface area contributed by atoms with E-state index in [1.54, 1.807) is 12.1 Å². The average molecular weight is 249 g/mol. The summed E-state index contributed by atoms with van der Waals surface area (Å²) in [5.74, 6) is 0.366. The molecule has 0 aliphatic carbocycles. The number of nitrogens with one attached hydrogen (secondary N) is 1. The van der Waals surface area contributed by atoms with Crippen molar-refractivity contribution in [3.05, 3.63) is 23.5 Å². The Kier molecular flexibility index (Phi) is 3.15. The van der Waals surface area contributed by atoms with Crippen molar-refractivity contribution in [3.8, 4) is 0 Å². The Labute approximate surface area is 106 Å². The summed E-state index contributed by atoms with van der Waals surface area (Å²) < 4.78 is 0. The number of carbonyl (C=O) groups is 2. The van der Waals surface area contributed by atoms with Crippen molar-refractivity contribution in [1.29, 1.82) is 0 Å². The van der Waals surface area contributed by atoms with E-state index in [0.717, 1.165) is 6.54 Å². The van der Waals surface area contributed by atoms with E-state index in [4.69, 9.17) is 5.73 Å². The van der Waals surface area contributed by atoms with Gasteiger partial charge in [0.05, 0.1) is 0 Å². The molecule has 0 bridgehead atoms. The smallest absolute Gasteiger partial charge is 0.270 e. The Bertz CT molecular complexity index is 480. The molecule has 3 atom stereocenters. The molecule has 0 saturated carbocycles. The van der Waals surface area contributed by atoms with Gasteiger partial charge in [-0.2, -0.15) is 0 Å². The molecule has 3 unspecified atom stereocenters. The first kappa shape index (κ1) is 12.7. The van der Waals surface area contributed by atoms with Gasteiger partial charge in [0.2, 0.25) is 0 Å². The van der Waals surface area contributed by atoms with Gasteiger partial charge in [0, 0.05) is 12.6 Å². The lowest BCUT2D eigenvalue weighted by atomic mass is 9.95. The van der Waals surface area contributed by atoms with E-state index < -0.39 is 5.91 Å². The molecular formula is C13H19N3O2. The van der Waals surface area contributed by atoms with Gasteiger partial charge in [0.1, 0.15) is 11.4 Å². The largest absolute Gasteiger partial charge is 0.364 e. The first-order valence-electron chi connectivity index (χ1n) is 6.21. The summed E-state index contributed by atoms with van der Waals surface area (Å²) in [5.41, 5.74) is 5.85. The predicted octanol–water partition coefficient (Wildman–Crippen LogP) is 1.23. The van der Waals surface area contributed by atoms with Crippen molar-refractivity contribution >= 4 is 11.8 Å². The SMILES string of the molecule is CC1CN(C(=O)c2ccc(C(N)=O)[nH]2)C(C)C1C. The van der Waals surface area contributed by atoms with Gasteiger partial charge in [-0.15, -0.1) is 0 Å². The van der Waals surface area contributed by atoms with Gasteiger partial charge in [-0.1, -0.05) is 13.8 Å². The van der Waals surface area contributed by atoms with E-state index in [1.807, 2.05) is 4.90 Å². The summed E-state index contributed by atoms with van der Waals surface area (Å²) in [6.45, 7) is 7.13. The fraction of sp³-hybridized carbons (Fsp3) is 0.538. The topological polar surface area (TPSA) is 79.2 Å². The van der Waals surface area contributed by atoms with Crippen LogP contribution in [0.25, 0.3) is 0 Å². The van der Waals surface area contributed by atoms with Gasteiger partial charge < -0.3 is 15.6 Å². The molecule has 5 nitrogen and oxygen atoms in total. The fourth-order valence-corrected chi connectivity index (χ4v) is 2.49. The number of hydrogen-bond donors (Lipinski definition) is 2. The first-order valence-corrected chi connectivity index (χ1v) is 6.21. The van der Waals surface area contributed by atoms with Crippen LogP contribution in [0.4, 0.5) is 0 Å². The summed E-state index contributed by atoms with van der Waals surface area (Å²) in [6, 6.07) is 3.37. The van der Waals surface area contributed by atoms with E-state index in [2.05, 4.69) is 25.8 Å². The maximum atomic E-state index is 12.3. The van der Waals surface area contributed by atoms with E-state index in [9.17, 15) is 9.59 Å². The quantitative estimate of drug-likeness (QED) is 0.826. The molecule has 2 rings (SSSR count). The summed E-state index contributed by atoms with van der Waals surface area (Å²) in [4.78, 5) is 27.9. The summed E-state index contributed by atoms with van der Waals surface area (Å²) in [5, 5.41) is 0. The molecule has 98 valence electrons. The molecule has 1 aromatic heterocycles. The van der Waals surface area contributed by atoms with E-state index in [-0.39, 0.29) is 17.6 Å². The highest BCUT2D eigenvalue weighted by molar-refractivity contribution is 5.97. The van der Waals surface area contributed by atoms with Crippen molar-refractivity contribution in [1.82, 2.24) is 9.88 Å². The molecule has 18 heavy (non-hydrogen) atoms. The second-order valence-electron chi connectivity index (χ2n) is 5.18. The number of hydrogen-bond acceptors (Lipinski definition) is 2. The molecule has 2 heterocycles. The van der Waals surface area contributed by atoms with E-state index in [1.165, 1.54) is 0 Å². The Morgan fingerprint density at radius 3 is 2.33 bits per heavy atom. The number of aromatic nitrogens is 1. The zero-order valence-electron chi connectivity index (χ0n) is 10.9. The van der Waals surface area contributed by atoms with Crippen LogP contribution in [0.3, 0.4) is 0 Å². The highest BCUT2D eigenvalue weighted by Crippen LogP contribution is 2.29. The van der Waals surface area contributed by atoms with Crippen LogP contribution in [0.5, 0.6) is 0 Å². The number of amides is 2. The molecule has 0 spiro atoms. The minimum Gasteiger partial charge on any atom is -0.364 e. The number of likely N-dealkylation sites (tertiary alicyclic amines) is 1. The lowest BCUT2D eigenvalue weighted by Gasteiger charge is -2.22. The molecular weight excluding hydrogens is 230 g/mol. The van der Waals surface area contributed by atoms with Gasteiger partial charge in [-0.3, -0.25) is 9.59 Å². The molecule has 3 N–H and O–H groups in total. The normalized spacial score (nSPS) is 27.5. The average Bonchev–Trinajstić information content (AvgIpc) is 2.90. The Hall–Kier alpha value is -1.78. The fourth-order valence-electron chi connectivity index (χ4n) is 2.49. The summed E-state index contributed by atoms with van der Waals surface area (Å²) in [7, 11) is 0. The molecule has 1 aromatic rings. The third-order valence-electron chi connectivity index (χ3n) is 4.08. The Morgan fingerprint density at radius 2 is 1.89 bits per heavy atom. The molecule has 2 amide bonds. The molecule has 1 aliphatic rings. The van der Waals surface area contributed by atoms with Crippen molar-refractivity contribution in [3.63, 3.8) is 0 Å². The Balaban J connectivity index is 2.19. The van der Waals surface area contributed by atoms with Gasteiger partial charge in [-0.05, 0) is 30.9 Å². The summed E-state index contributed by atoms with van der Waals surface area (Å²) >= 11 is 0. The van der Waals surface area contributed by atoms with Gasteiger partial charge in [-0.25, -0.2) is 0 Å². The second kappa shape index (κ2) is 4.48. The van der Waals surface area contributed by atoms with Crippen LogP contribution in [0.2, 0.25) is 0 Å². The van der Waals surface area contributed by atoms with E-state index >= 15 is 0 Å². The molecule has 0 radical (unpaired) electrons. The van der Waals surface area contributed by atoms with Crippen molar-refractivity contribution < 1.29 is 9.59 Å². The third kappa shape index (κ3) is 2.00. The van der Waals surface area contributed by atoms with Gasteiger partial charge in [0.25, 0.3) is 11.8 Å². The minimum absolute atomic E-state index is 0.0637. The predicted molar refractivity (Wildman–Crippen MR) is 68.1 cm³/mol. The van der Waals surface area contributed by atoms with Crippen LogP contribution in [0.1, 0.15) is 41.7 Å². The number of nitrogens with two attached hydrogens (primary N) is 1. The highest BCUT2D eigenvalue weighted by Gasteiger charge is 2.36. The van der Waals surface area contributed by atoms with E-state index in [0.29, 0.717) is 17.5 Å². The molecule has 1 aliphatic heterocycles. The van der Waals surface area contributed by atoms with Crippen molar-refractivity contribution in [2.45, 2.75) is 26.8 Å². The lowest BCUT2D eigenvalue weighted by Crippen LogP contribution is -2.35. The third-order valence-corrected chi connectivity index (χ3v) is 4.08. The van der Waals surface area contributed by atoms with Crippen LogP contribution in [-0.4, -0.2) is 34.3 Å². The monoisotopic (exact) mass is 249 g/mol. The zero-order chi connectivity index (χ0) is 13.4. The zero-order valence-corrected chi connectivity index (χ0v) is 10.9. The number of H-pyrrole nitrogens is 1. The maximum Gasteiger partial charge on any atom is 0.270 e. The van der Waals surface area contributed by atoms with Crippen molar-refractivity contribution in [2.75, 3.05) is 6.54 Å². The van der Waals surface area contributed by atoms with Crippen LogP contribution in [0, 0.1) is 11.8 Å². The first-order chi connectivity index (χ1) is 8.41. The maximum absolute atomic E-state index is 12.3. The van der Waals surface area contributed by atoms with Gasteiger partial charge >= 0.3 is 0 Å². The lowest BCUT2D eigenvalue weighted by molar-refractivity contribution is 0.0728. The minimum atomic E-state index is -0.551. The van der Waals surface area contributed by atoms with Gasteiger partial charge in [0.15, 0.2) is 0 Å². The molecule has 1 fully saturated rings. The van der Waals surface area contributed by atoms with Crippen LogP contribution in [-0.2, 0) is 0 Å². The number of rotatable bonds is 2. The molecule has 0 aromatic carbocycles. The second-order valence-corrected chi connectivity index (χ2v) is 5.18. The summed E-state index contributed by atoms with van der Waals surface area (Å²) in [6.07, 6.45) is 0. The Morgan fingerprint density at radius 1 is 1.28 bits per heavy atom. The van der Waals surface area contributed by atoms with Crippen LogP contribution < -0.4 is 5.73 Å². The number of primary amides is 1. The standard InChI is InChI=1S/C13H19N3O2/c1-7-6-16(9(3)8(7)2)13(18)11-5-4-10(15-11)12(14)17/h4-5,7-9,15H,6H2,1-3H3,(H2,14,17). The number of carbonyl (C=O) groups excluding carboxylic acids is 2.